The van der Waals surface area contributed by atoms with Crippen LogP contribution in [0, 0.1) is 0 Å². The molecule has 31 heavy (non-hydrogen) atoms. The Kier molecular flexibility index (Phi) is 5.79. The van der Waals surface area contributed by atoms with Crippen molar-refractivity contribution in [2.24, 2.45) is 0 Å². The molecule has 1 aliphatic carbocycles. The highest BCUT2D eigenvalue weighted by molar-refractivity contribution is 5.44. The minimum Gasteiger partial charge on any atom is -0.508 e. The highest BCUT2D eigenvalue weighted by atomic mass is 16.7. The Labute approximate surface area is 177 Å². The van der Waals surface area contributed by atoms with Gasteiger partial charge in [-0.1, -0.05) is 18.2 Å². The third-order valence-corrected chi connectivity index (χ3v) is 5.43. The second kappa shape index (κ2) is 8.24. The maximum absolute atomic E-state index is 10.9. The van der Waals surface area contributed by atoms with Gasteiger partial charge in [-0.15, -0.1) is 0 Å². The van der Waals surface area contributed by atoms with Gasteiger partial charge in [0, 0.05) is 6.42 Å². The summed E-state index contributed by atoms with van der Waals surface area (Å²) in [5, 5.41) is 70.1. The molecule has 1 aromatic rings. The molecule has 10 nitrogen and oxygen atoms in total. The Morgan fingerprint density at radius 3 is 2.35 bits per heavy atom. The topological polar surface area (TPSA) is 169 Å². The molecule has 0 saturated carbocycles. The number of fused-ring (bicyclic) bond motifs is 1. The first-order valence-corrected chi connectivity index (χ1v) is 9.70. The molecule has 0 spiro atoms. The van der Waals surface area contributed by atoms with Crippen LogP contribution in [0.25, 0.3) is 0 Å². The van der Waals surface area contributed by atoms with Crippen molar-refractivity contribution in [3.8, 4) is 5.75 Å². The molecule has 7 N–H and O–H groups in total. The minimum atomic E-state index is -1.74. The molecule has 2 unspecified atom stereocenters. The fourth-order valence-electron chi connectivity index (χ4n) is 3.79. The number of phenolic OH excluding ortho intramolecular Hbond substituents is 1. The molecule has 2 heterocycles. The van der Waals surface area contributed by atoms with Crippen molar-refractivity contribution in [3.63, 3.8) is 0 Å². The second-order valence-electron chi connectivity index (χ2n) is 7.73. The van der Waals surface area contributed by atoms with Crippen LogP contribution in [-0.2, 0) is 20.6 Å². The molecule has 1 aromatic carbocycles. The number of aromatic hydroxyl groups is 1. The van der Waals surface area contributed by atoms with Gasteiger partial charge >= 0.3 is 0 Å². The van der Waals surface area contributed by atoms with Crippen molar-refractivity contribution in [2.75, 3.05) is 6.61 Å². The molecule has 3 aliphatic rings. The number of aliphatic hydroxyl groups excluding tert-OH is 5. The molecule has 10 heteroatoms. The molecule has 0 bridgehead atoms. The smallest absolute Gasteiger partial charge is 0.229 e. The highest BCUT2D eigenvalue weighted by Crippen LogP contribution is 2.39. The van der Waals surface area contributed by atoms with Crippen LogP contribution >= 0.6 is 0 Å². The van der Waals surface area contributed by atoms with Crippen LogP contribution in [0.5, 0.6) is 5.75 Å². The lowest BCUT2D eigenvalue weighted by molar-refractivity contribution is -0.296. The first kappa shape index (κ1) is 21.8. The second-order valence-corrected chi connectivity index (χ2v) is 7.73. The summed E-state index contributed by atoms with van der Waals surface area (Å²) < 4.78 is 16.7. The van der Waals surface area contributed by atoms with Gasteiger partial charge in [0.05, 0.1) is 6.61 Å². The number of hydrogen-bond donors (Lipinski definition) is 7. The van der Waals surface area contributed by atoms with Gasteiger partial charge in [0.15, 0.2) is 17.3 Å². The van der Waals surface area contributed by atoms with Crippen LogP contribution in [0.3, 0.4) is 0 Å². The molecule has 0 aromatic heterocycles. The standard InChI is InChI=1S/C21H24O10/c22-9-14-15(25)16(26)17(27)20(29-14)30-19-13(24)6-3-11-8-21(28,31-18(11)19)7-10-1-4-12(23)5-2-10/h1-6,8,14-18,20,22-28H,7,9H2/t14-,15-,16+,17-,18?,20+,21?/m1/s1. The fourth-order valence-corrected chi connectivity index (χ4v) is 3.79. The van der Waals surface area contributed by atoms with Crippen LogP contribution in [-0.4, -0.2) is 84.9 Å². The molecule has 1 fully saturated rings. The van der Waals surface area contributed by atoms with Gasteiger partial charge in [-0.05, 0) is 35.4 Å². The number of rotatable bonds is 5. The summed E-state index contributed by atoms with van der Waals surface area (Å²) in [6, 6.07) is 6.22. The molecule has 4 rings (SSSR count). The van der Waals surface area contributed by atoms with E-state index in [-0.39, 0.29) is 23.7 Å². The van der Waals surface area contributed by atoms with E-state index in [1.807, 2.05) is 0 Å². The maximum atomic E-state index is 10.9. The summed E-state index contributed by atoms with van der Waals surface area (Å²) in [6.07, 6.45) is -4.24. The van der Waals surface area contributed by atoms with Crippen molar-refractivity contribution in [1.29, 1.82) is 0 Å². The van der Waals surface area contributed by atoms with Gasteiger partial charge in [-0.2, -0.15) is 0 Å². The monoisotopic (exact) mass is 436 g/mol. The predicted molar refractivity (Wildman–Crippen MR) is 103 cm³/mol. The molecule has 7 atom stereocenters. The van der Waals surface area contributed by atoms with Gasteiger partial charge in [-0.3, -0.25) is 0 Å². The third kappa shape index (κ3) is 4.19. The van der Waals surface area contributed by atoms with E-state index >= 15 is 0 Å². The Morgan fingerprint density at radius 2 is 1.68 bits per heavy atom. The lowest BCUT2D eigenvalue weighted by Crippen LogP contribution is -2.59. The van der Waals surface area contributed by atoms with E-state index in [4.69, 9.17) is 14.2 Å². The van der Waals surface area contributed by atoms with Crippen molar-refractivity contribution >= 4 is 0 Å². The number of aliphatic hydroxyl groups is 6. The zero-order valence-corrected chi connectivity index (χ0v) is 16.3. The average molecular weight is 436 g/mol. The van der Waals surface area contributed by atoms with Crippen LogP contribution in [0.1, 0.15) is 5.56 Å². The summed E-state index contributed by atoms with van der Waals surface area (Å²) >= 11 is 0. The first-order chi connectivity index (χ1) is 14.7. The minimum absolute atomic E-state index is 0.0508. The maximum Gasteiger partial charge on any atom is 0.229 e. The normalized spacial score (nSPS) is 37.5. The molecule has 2 aliphatic heterocycles. The van der Waals surface area contributed by atoms with Gasteiger partial charge in [0.2, 0.25) is 6.29 Å². The summed E-state index contributed by atoms with van der Waals surface area (Å²) in [4.78, 5) is 0. The summed E-state index contributed by atoms with van der Waals surface area (Å²) in [6.45, 7) is -0.632. The Morgan fingerprint density at radius 1 is 0.968 bits per heavy atom. The number of phenols is 1. The molecular formula is C21H24O10. The first-order valence-electron chi connectivity index (χ1n) is 9.70. The van der Waals surface area contributed by atoms with Crippen molar-refractivity contribution in [3.05, 3.63) is 65.1 Å². The van der Waals surface area contributed by atoms with Crippen LogP contribution in [0.4, 0.5) is 0 Å². The summed E-state index contributed by atoms with van der Waals surface area (Å²) in [5.41, 5.74) is 1.17. The van der Waals surface area contributed by atoms with Gasteiger partial charge in [0.1, 0.15) is 36.3 Å². The van der Waals surface area contributed by atoms with Crippen molar-refractivity contribution in [2.45, 2.75) is 49.0 Å². The predicted octanol–water partition coefficient (Wildman–Crippen LogP) is -0.896. The lowest BCUT2D eigenvalue weighted by atomic mass is 9.98. The zero-order chi connectivity index (χ0) is 22.3. The van der Waals surface area contributed by atoms with E-state index in [1.54, 1.807) is 12.1 Å². The average Bonchev–Trinajstić information content (AvgIpc) is 3.08. The van der Waals surface area contributed by atoms with Crippen LogP contribution in [0.15, 0.2) is 59.6 Å². The number of ether oxygens (including phenoxy) is 3. The van der Waals surface area contributed by atoms with Gasteiger partial charge in [0.25, 0.3) is 0 Å². The van der Waals surface area contributed by atoms with E-state index in [1.165, 1.54) is 30.4 Å². The van der Waals surface area contributed by atoms with E-state index in [0.717, 1.165) is 0 Å². The molecule has 0 amide bonds. The van der Waals surface area contributed by atoms with Crippen molar-refractivity contribution < 1.29 is 50.0 Å². The van der Waals surface area contributed by atoms with Gasteiger partial charge < -0.3 is 50.0 Å². The quantitative estimate of drug-likeness (QED) is 0.307. The summed E-state index contributed by atoms with van der Waals surface area (Å²) in [5.74, 6) is -2.16. The highest BCUT2D eigenvalue weighted by Gasteiger charge is 2.48. The number of hydrogen-bond acceptors (Lipinski definition) is 10. The number of benzene rings is 1. The van der Waals surface area contributed by atoms with Crippen LogP contribution < -0.4 is 0 Å². The van der Waals surface area contributed by atoms with E-state index < -0.39 is 49.2 Å². The molecular weight excluding hydrogens is 412 g/mol. The fraction of sp³-hybridized carbons (Fsp3) is 0.429. The van der Waals surface area contributed by atoms with Gasteiger partial charge in [-0.25, -0.2) is 0 Å². The van der Waals surface area contributed by atoms with Crippen molar-refractivity contribution in [1.82, 2.24) is 0 Å². The lowest BCUT2D eigenvalue weighted by Gasteiger charge is -2.40. The largest absolute Gasteiger partial charge is 0.508 e. The zero-order valence-electron chi connectivity index (χ0n) is 16.3. The molecule has 1 saturated heterocycles. The van der Waals surface area contributed by atoms with E-state index in [0.29, 0.717) is 11.1 Å². The third-order valence-electron chi connectivity index (χ3n) is 5.43. The summed E-state index contributed by atoms with van der Waals surface area (Å²) in [7, 11) is 0. The SMILES string of the molecule is OC[C@H]1O[C@@H](OC2=C(O)C=CC3=CC(O)(Cc4ccc(O)cc4)OC32)[C@H](O)[C@@H](O)[C@@H]1O. The Bertz CT molecular complexity index is 905. The Balaban J connectivity index is 1.53. The number of allylic oxidation sites excluding steroid dienone is 1. The molecule has 0 radical (unpaired) electrons. The van der Waals surface area contributed by atoms with E-state index in [9.17, 15) is 35.7 Å². The van der Waals surface area contributed by atoms with Crippen LogP contribution in [0.2, 0.25) is 0 Å². The molecule has 168 valence electrons. The Hall–Kier alpha value is -2.44. The van der Waals surface area contributed by atoms with E-state index in [2.05, 4.69) is 0 Å².